The van der Waals surface area contributed by atoms with Gasteiger partial charge in [-0.05, 0) is 29.7 Å². The number of ether oxygens (including phenoxy) is 1. The summed E-state index contributed by atoms with van der Waals surface area (Å²) in [5.74, 6) is -0.924. The third kappa shape index (κ3) is 6.77. The van der Waals surface area contributed by atoms with Gasteiger partial charge in [0.1, 0.15) is 5.70 Å². The number of hydrogen-bond acceptors (Lipinski definition) is 3. The van der Waals surface area contributed by atoms with Gasteiger partial charge in [0.2, 0.25) is 5.91 Å². The van der Waals surface area contributed by atoms with E-state index in [0.29, 0.717) is 6.61 Å². The maximum absolute atomic E-state index is 12.3. The molecule has 26 heavy (non-hydrogen) atoms. The van der Waals surface area contributed by atoms with Crippen LogP contribution < -0.4 is 5.32 Å². The highest BCUT2D eigenvalue weighted by atomic mass is 16.5. The Kier molecular flexibility index (Phi) is 7.87. The molecule has 1 amide bonds. The molecule has 0 aliphatic heterocycles. The lowest BCUT2D eigenvalue weighted by atomic mass is 10.2. The first-order valence-corrected chi connectivity index (χ1v) is 8.67. The van der Waals surface area contributed by atoms with Crippen molar-refractivity contribution in [3.63, 3.8) is 0 Å². The summed E-state index contributed by atoms with van der Waals surface area (Å²) in [6.45, 7) is 2.35. The van der Waals surface area contributed by atoms with Crippen molar-refractivity contribution in [3.05, 3.63) is 83.6 Å². The van der Waals surface area contributed by atoms with E-state index in [1.54, 1.807) is 12.2 Å². The average molecular weight is 349 g/mol. The van der Waals surface area contributed by atoms with E-state index in [-0.39, 0.29) is 11.6 Å². The van der Waals surface area contributed by atoms with E-state index in [2.05, 4.69) is 5.32 Å². The number of unbranched alkanes of at least 4 members (excludes halogenated alkanes) is 1. The van der Waals surface area contributed by atoms with E-state index >= 15 is 0 Å². The molecule has 2 rings (SSSR count). The average Bonchev–Trinajstić information content (AvgIpc) is 2.67. The first-order valence-electron chi connectivity index (χ1n) is 8.67. The van der Waals surface area contributed by atoms with E-state index in [9.17, 15) is 9.59 Å². The zero-order valence-corrected chi connectivity index (χ0v) is 14.9. The molecule has 2 aromatic carbocycles. The number of rotatable bonds is 8. The zero-order chi connectivity index (χ0) is 18.6. The molecule has 0 atom stereocenters. The maximum Gasteiger partial charge on any atom is 0.354 e. The van der Waals surface area contributed by atoms with Crippen LogP contribution in [0.3, 0.4) is 0 Å². The third-order valence-electron chi connectivity index (χ3n) is 3.55. The minimum Gasteiger partial charge on any atom is -0.461 e. The number of esters is 1. The van der Waals surface area contributed by atoms with Crippen LogP contribution >= 0.6 is 0 Å². The van der Waals surface area contributed by atoms with Gasteiger partial charge in [-0.15, -0.1) is 0 Å². The fraction of sp³-hybridized carbons (Fsp3) is 0.182. The number of carbonyl (C=O) groups excluding carboxylic acids is 2. The van der Waals surface area contributed by atoms with E-state index in [1.807, 2.05) is 67.6 Å². The molecule has 0 aromatic heterocycles. The largest absolute Gasteiger partial charge is 0.461 e. The molecule has 0 saturated carbocycles. The SMILES string of the molecule is CCCCOC(=O)C(=Cc1ccccc1)NC(=O)C=Cc1ccccc1. The van der Waals surface area contributed by atoms with Crippen molar-refractivity contribution in [2.24, 2.45) is 0 Å². The number of benzene rings is 2. The summed E-state index contributed by atoms with van der Waals surface area (Å²) in [5.41, 5.74) is 1.83. The molecule has 0 fully saturated rings. The van der Waals surface area contributed by atoms with Crippen molar-refractivity contribution in [1.29, 1.82) is 0 Å². The molecular formula is C22H23NO3. The van der Waals surface area contributed by atoms with Gasteiger partial charge in [0.05, 0.1) is 6.61 Å². The predicted molar refractivity (Wildman–Crippen MR) is 104 cm³/mol. The van der Waals surface area contributed by atoms with Crippen LogP contribution in [0.25, 0.3) is 12.2 Å². The Morgan fingerprint density at radius 2 is 1.58 bits per heavy atom. The molecule has 0 heterocycles. The van der Waals surface area contributed by atoms with Crippen LogP contribution in [-0.4, -0.2) is 18.5 Å². The summed E-state index contributed by atoms with van der Waals surface area (Å²) < 4.78 is 5.23. The van der Waals surface area contributed by atoms with Gasteiger partial charge >= 0.3 is 5.97 Å². The van der Waals surface area contributed by atoms with Gasteiger partial charge in [-0.25, -0.2) is 4.79 Å². The van der Waals surface area contributed by atoms with Gasteiger partial charge in [0.25, 0.3) is 0 Å². The van der Waals surface area contributed by atoms with Gasteiger partial charge in [-0.3, -0.25) is 4.79 Å². The molecule has 1 N–H and O–H groups in total. The molecule has 0 aliphatic carbocycles. The lowest BCUT2D eigenvalue weighted by Crippen LogP contribution is -2.27. The summed E-state index contributed by atoms with van der Waals surface area (Å²) in [7, 11) is 0. The molecule has 0 radical (unpaired) electrons. The molecule has 4 nitrogen and oxygen atoms in total. The molecule has 0 aliphatic rings. The topological polar surface area (TPSA) is 55.4 Å². The molecule has 2 aromatic rings. The molecule has 0 bridgehead atoms. The number of hydrogen-bond donors (Lipinski definition) is 1. The van der Waals surface area contributed by atoms with E-state index in [0.717, 1.165) is 24.0 Å². The van der Waals surface area contributed by atoms with Crippen LogP contribution in [0.15, 0.2) is 72.4 Å². The Labute approximate surface area is 154 Å². The van der Waals surface area contributed by atoms with Crippen molar-refractivity contribution in [2.75, 3.05) is 6.61 Å². The van der Waals surface area contributed by atoms with Crippen molar-refractivity contribution in [2.45, 2.75) is 19.8 Å². The summed E-state index contributed by atoms with van der Waals surface area (Å²) in [5, 5.41) is 2.62. The van der Waals surface area contributed by atoms with Gasteiger partial charge in [-0.1, -0.05) is 74.0 Å². The summed E-state index contributed by atoms with van der Waals surface area (Å²) in [6, 6.07) is 18.8. The smallest absolute Gasteiger partial charge is 0.354 e. The standard InChI is InChI=1S/C22H23NO3/c1-2-3-16-26-22(25)20(17-19-12-8-5-9-13-19)23-21(24)15-14-18-10-6-4-7-11-18/h4-15,17H,2-3,16H2,1H3,(H,23,24). The molecule has 134 valence electrons. The van der Waals surface area contributed by atoms with Gasteiger partial charge < -0.3 is 10.1 Å². The monoisotopic (exact) mass is 349 g/mol. The highest BCUT2D eigenvalue weighted by molar-refractivity contribution is 6.02. The summed E-state index contributed by atoms with van der Waals surface area (Å²) >= 11 is 0. The molecular weight excluding hydrogens is 326 g/mol. The summed E-state index contributed by atoms with van der Waals surface area (Å²) in [4.78, 5) is 24.5. The molecule has 0 saturated heterocycles. The van der Waals surface area contributed by atoms with Crippen LogP contribution in [-0.2, 0) is 14.3 Å². The second-order valence-corrected chi connectivity index (χ2v) is 5.69. The second-order valence-electron chi connectivity index (χ2n) is 5.69. The van der Waals surface area contributed by atoms with E-state index in [4.69, 9.17) is 4.74 Å². The van der Waals surface area contributed by atoms with Crippen LogP contribution in [0.4, 0.5) is 0 Å². The van der Waals surface area contributed by atoms with E-state index < -0.39 is 5.97 Å². The highest BCUT2D eigenvalue weighted by Crippen LogP contribution is 2.07. The first kappa shape index (κ1) is 19.2. The predicted octanol–water partition coefficient (Wildman–Crippen LogP) is 4.20. The number of carbonyl (C=O) groups is 2. The fourth-order valence-corrected chi connectivity index (χ4v) is 2.16. The Hall–Kier alpha value is -3.14. The van der Waals surface area contributed by atoms with Crippen molar-refractivity contribution < 1.29 is 14.3 Å². The van der Waals surface area contributed by atoms with Crippen LogP contribution in [0.2, 0.25) is 0 Å². The highest BCUT2D eigenvalue weighted by Gasteiger charge is 2.13. The lowest BCUT2D eigenvalue weighted by molar-refractivity contribution is -0.140. The van der Waals surface area contributed by atoms with Crippen LogP contribution in [0, 0.1) is 0 Å². The minimum atomic E-state index is -0.538. The van der Waals surface area contributed by atoms with Crippen molar-refractivity contribution >= 4 is 24.0 Å². The molecule has 4 heteroatoms. The Bertz CT molecular complexity index is 764. The van der Waals surface area contributed by atoms with Crippen molar-refractivity contribution in [3.8, 4) is 0 Å². The van der Waals surface area contributed by atoms with Crippen molar-refractivity contribution in [1.82, 2.24) is 5.32 Å². The van der Waals surface area contributed by atoms with Gasteiger partial charge in [-0.2, -0.15) is 0 Å². The van der Waals surface area contributed by atoms with Crippen LogP contribution in [0.1, 0.15) is 30.9 Å². The third-order valence-corrected chi connectivity index (χ3v) is 3.55. The first-order chi connectivity index (χ1) is 12.7. The maximum atomic E-state index is 12.3. The second kappa shape index (κ2) is 10.7. The van der Waals surface area contributed by atoms with Crippen LogP contribution in [0.5, 0.6) is 0 Å². The zero-order valence-electron chi connectivity index (χ0n) is 14.9. The number of nitrogens with one attached hydrogen (secondary N) is 1. The fourth-order valence-electron chi connectivity index (χ4n) is 2.16. The Morgan fingerprint density at radius 1 is 0.962 bits per heavy atom. The molecule has 0 unspecified atom stereocenters. The van der Waals surface area contributed by atoms with Gasteiger partial charge in [0.15, 0.2) is 0 Å². The lowest BCUT2D eigenvalue weighted by Gasteiger charge is -2.09. The quantitative estimate of drug-likeness (QED) is 0.441. The molecule has 0 spiro atoms. The Balaban J connectivity index is 2.10. The summed E-state index contributed by atoms with van der Waals surface area (Å²) in [6.07, 6.45) is 6.41. The minimum absolute atomic E-state index is 0.120. The Morgan fingerprint density at radius 3 is 2.19 bits per heavy atom. The number of amides is 1. The van der Waals surface area contributed by atoms with E-state index in [1.165, 1.54) is 6.08 Å². The van der Waals surface area contributed by atoms with Gasteiger partial charge in [0, 0.05) is 6.08 Å². The normalized spacial score (nSPS) is 11.3.